The average molecular weight is 521 g/mol. The van der Waals surface area contributed by atoms with E-state index in [2.05, 4.69) is 15.5 Å². The SMILES string of the molecule is Cc1ccccc1OCc1nnc(NC(=O)C(C#N)=Cc2cccn2-c2cc([N+](=O)[O-])ccc2Cl)s1. The third kappa shape index (κ3) is 5.57. The fourth-order valence-corrected chi connectivity index (χ4v) is 4.07. The van der Waals surface area contributed by atoms with Crippen LogP contribution in [0, 0.1) is 28.4 Å². The van der Waals surface area contributed by atoms with Crippen molar-refractivity contribution in [2.75, 3.05) is 5.32 Å². The van der Waals surface area contributed by atoms with Crippen molar-refractivity contribution in [3.8, 4) is 17.5 Å². The number of benzene rings is 2. The largest absolute Gasteiger partial charge is 0.486 e. The van der Waals surface area contributed by atoms with Gasteiger partial charge in [-0.1, -0.05) is 41.1 Å². The minimum Gasteiger partial charge on any atom is -0.486 e. The maximum absolute atomic E-state index is 12.7. The van der Waals surface area contributed by atoms with Crippen LogP contribution in [0.2, 0.25) is 5.02 Å². The van der Waals surface area contributed by atoms with Gasteiger partial charge < -0.3 is 9.30 Å². The van der Waals surface area contributed by atoms with Crippen molar-refractivity contribution in [2.45, 2.75) is 13.5 Å². The standard InChI is InChI=1S/C24H17ClN6O4S/c1-15-5-2-3-7-21(15)35-14-22-28-29-24(36-22)27-23(32)16(13-26)11-17-6-4-10-30(17)20-12-18(31(33)34)8-9-19(20)25/h2-12H,14H2,1H3,(H,27,29,32). The Labute approximate surface area is 214 Å². The van der Waals surface area contributed by atoms with Crippen LogP contribution in [0.1, 0.15) is 16.3 Å². The molecule has 0 spiro atoms. The van der Waals surface area contributed by atoms with Crippen LogP contribution in [0.4, 0.5) is 10.8 Å². The summed E-state index contributed by atoms with van der Waals surface area (Å²) in [4.78, 5) is 23.4. The van der Waals surface area contributed by atoms with Gasteiger partial charge >= 0.3 is 0 Å². The molecular formula is C24H17ClN6O4S. The van der Waals surface area contributed by atoms with Crippen molar-refractivity contribution in [3.05, 3.63) is 97.8 Å². The number of nitrogens with zero attached hydrogens (tertiary/aromatic N) is 5. The summed E-state index contributed by atoms with van der Waals surface area (Å²) < 4.78 is 7.29. The van der Waals surface area contributed by atoms with Gasteiger partial charge in [0.1, 0.15) is 24.0 Å². The lowest BCUT2D eigenvalue weighted by Crippen LogP contribution is -2.13. The molecule has 10 nitrogen and oxygen atoms in total. The number of para-hydroxylation sites is 1. The highest BCUT2D eigenvalue weighted by Crippen LogP contribution is 2.28. The molecule has 1 N–H and O–H groups in total. The van der Waals surface area contributed by atoms with Crippen LogP contribution in [-0.4, -0.2) is 25.6 Å². The van der Waals surface area contributed by atoms with Crippen molar-refractivity contribution < 1.29 is 14.5 Å². The van der Waals surface area contributed by atoms with E-state index in [1.807, 2.05) is 37.3 Å². The van der Waals surface area contributed by atoms with E-state index in [1.165, 1.54) is 24.3 Å². The maximum Gasteiger partial charge on any atom is 0.271 e. The number of rotatable bonds is 8. The van der Waals surface area contributed by atoms with E-state index in [0.29, 0.717) is 16.4 Å². The lowest BCUT2D eigenvalue weighted by molar-refractivity contribution is -0.384. The smallest absolute Gasteiger partial charge is 0.271 e. The van der Waals surface area contributed by atoms with Crippen LogP contribution < -0.4 is 10.1 Å². The van der Waals surface area contributed by atoms with Crippen molar-refractivity contribution in [1.29, 1.82) is 5.26 Å². The Kier molecular flexibility index (Phi) is 7.39. The first-order chi connectivity index (χ1) is 17.4. The number of non-ortho nitro benzene ring substituents is 1. The van der Waals surface area contributed by atoms with E-state index < -0.39 is 10.8 Å². The molecule has 0 fully saturated rings. The Balaban J connectivity index is 1.50. The van der Waals surface area contributed by atoms with Crippen molar-refractivity contribution in [1.82, 2.24) is 14.8 Å². The van der Waals surface area contributed by atoms with Gasteiger partial charge in [-0.3, -0.25) is 20.2 Å². The van der Waals surface area contributed by atoms with Crippen LogP contribution >= 0.6 is 22.9 Å². The number of nitro groups is 1. The number of anilines is 1. The van der Waals surface area contributed by atoms with Gasteiger partial charge in [-0.15, -0.1) is 10.2 Å². The monoisotopic (exact) mass is 520 g/mol. The van der Waals surface area contributed by atoms with Crippen LogP contribution in [0.3, 0.4) is 0 Å². The van der Waals surface area contributed by atoms with Crippen LogP contribution in [0.5, 0.6) is 5.75 Å². The van der Waals surface area contributed by atoms with E-state index in [1.54, 1.807) is 22.9 Å². The first kappa shape index (κ1) is 24.6. The Morgan fingerprint density at radius 1 is 1.28 bits per heavy atom. The van der Waals surface area contributed by atoms with E-state index >= 15 is 0 Å². The Morgan fingerprint density at radius 3 is 2.83 bits per heavy atom. The van der Waals surface area contributed by atoms with E-state index in [4.69, 9.17) is 16.3 Å². The minimum absolute atomic E-state index is 0.144. The Morgan fingerprint density at radius 2 is 2.08 bits per heavy atom. The molecule has 0 atom stereocenters. The van der Waals surface area contributed by atoms with Gasteiger partial charge in [-0.25, -0.2) is 0 Å². The molecule has 0 aliphatic carbocycles. The molecular weight excluding hydrogens is 504 g/mol. The topological polar surface area (TPSA) is 136 Å². The zero-order valence-corrected chi connectivity index (χ0v) is 20.3. The number of carbonyl (C=O) groups is 1. The van der Waals surface area contributed by atoms with E-state index in [0.717, 1.165) is 22.6 Å². The quantitative estimate of drug-likeness (QED) is 0.143. The van der Waals surface area contributed by atoms with Gasteiger partial charge in [0.2, 0.25) is 5.13 Å². The molecule has 4 aromatic rings. The van der Waals surface area contributed by atoms with Gasteiger partial charge in [0.25, 0.3) is 11.6 Å². The summed E-state index contributed by atoms with van der Waals surface area (Å²) in [6.45, 7) is 2.11. The molecule has 0 saturated carbocycles. The first-order valence-corrected chi connectivity index (χ1v) is 11.6. The lowest BCUT2D eigenvalue weighted by atomic mass is 10.2. The third-order valence-electron chi connectivity index (χ3n) is 4.97. The number of nitro benzene ring substituents is 1. The summed E-state index contributed by atoms with van der Waals surface area (Å²) in [5.41, 5.74) is 1.39. The average Bonchev–Trinajstić information content (AvgIpc) is 3.51. The summed E-state index contributed by atoms with van der Waals surface area (Å²) in [5, 5.41) is 32.3. The molecule has 36 heavy (non-hydrogen) atoms. The van der Waals surface area contributed by atoms with Gasteiger partial charge in [-0.05, 0) is 42.8 Å². The van der Waals surface area contributed by atoms with Gasteiger partial charge in [0, 0.05) is 24.0 Å². The second-order valence-electron chi connectivity index (χ2n) is 7.37. The number of hydrogen-bond acceptors (Lipinski definition) is 8. The normalized spacial score (nSPS) is 11.1. The zero-order chi connectivity index (χ0) is 25.7. The fourth-order valence-electron chi connectivity index (χ4n) is 3.21. The molecule has 0 bridgehead atoms. The Hall–Kier alpha value is -4.53. The number of ether oxygens (including phenoxy) is 1. The molecule has 0 radical (unpaired) electrons. The molecule has 12 heteroatoms. The third-order valence-corrected chi connectivity index (χ3v) is 6.10. The van der Waals surface area contributed by atoms with Crippen LogP contribution in [0.15, 0.2) is 66.4 Å². The zero-order valence-electron chi connectivity index (χ0n) is 18.7. The lowest BCUT2D eigenvalue weighted by Gasteiger charge is -2.09. The molecule has 2 aromatic heterocycles. The number of halogens is 1. The van der Waals surface area contributed by atoms with Gasteiger partial charge in [0.05, 0.1) is 15.6 Å². The molecule has 4 rings (SSSR count). The second kappa shape index (κ2) is 10.8. The van der Waals surface area contributed by atoms with Crippen LogP contribution in [0.25, 0.3) is 11.8 Å². The molecule has 0 aliphatic heterocycles. The number of aryl methyl sites for hydroxylation is 1. The predicted octanol–water partition coefficient (Wildman–Crippen LogP) is 5.32. The van der Waals surface area contributed by atoms with Gasteiger partial charge in [-0.2, -0.15) is 5.26 Å². The molecule has 180 valence electrons. The van der Waals surface area contributed by atoms with Crippen LogP contribution in [-0.2, 0) is 11.4 Å². The highest BCUT2D eigenvalue weighted by atomic mass is 35.5. The van der Waals surface area contributed by atoms with Crippen molar-refractivity contribution in [3.63, 3.8) is 0 Å². The first-order valence-electron chi connectivity index (χ1n) is 10.4. The molecule has 2 aromatic carbocycles. The fraction of sp³-hybridized carbons (Fsp3) is 0.0833. The summed E-state index contributed by atoms with van der Waals surface area (Å²) in [5.74, 6) is 0.0396. The number of nitrogens with one attached hydrogen (secondary N) is 1. The predicted molar refractivity (Wildman–Crippen MR) is 135 cm³/mol. The molecule has 0 aliphatic rings. The van der Waals surface area contributed by atoms with Crippen molar-refractivity contribution in [2.24, 2.45) is 0 Å². The summed E-state index contributed by atoms with van der Waals surface area (Å²) >= 11 is 7.37. The highest BCUT2D eigenvalue weighted by molar-refractivity contribution is 7.15. The number of amides is 1. The minimum atomic E-state index is -0.682. The maximum atomic E-state index is 12.7. The van der Waals surface area contributed by atoms with E-state index in [9.17, 15) is 20.2 Å². The van der Waals surface area contributed by atoms with Crippen molar-refractivity contribution >= 4 is 45.7 Å². The number of aromatic nitrogens is 3. The Bertz CT molecular complexity index is 1520. The molecule has 1 amide bonds. The molecule has 0 unspecified atom stereocenters. The number of hydrogen-bond donors (Lipinski definition) is 1. The highest BCUT2D eigenvalue weighted by Gasteiger charge is 2.16. The summed E-state index contributed by atoms with van der Waals surface area (Å²) in [6, 6.07) is 16.8. The summed E-state index contributed by atoms with van der Waals surface area (Å²) in [6.07, 6.45) is 2.98. The van der Waals surface area contributed by atoms with E-state index in [-0.39, 0.29) is 28.0 Å². The second-order valence-corrected chi connectivity index (χ2v) is 8.84. The summed E-state index contributed by atoms with van der Waals surface area (Å²) in [7, 11) is 0. The molecule has 0 saturated heterocycles. The molecule has 2 heterocycles. The number of carbonyl (C=O) groups excluding carboxylic acids is 1. The number of nitriles is 1. The van der Waals surface area contributed by atoms with Gasteiger partial charge in [0.15, 0.2) is 5.01 Å².